The van der Waals surface area contributed by atoms with Gasteiger partial charge in [0.1, 0.15) is 28.6 Å². The Morgan fingerprint density at radius 1 is 1.17 bits per heavy atom. The van der Waals surface area contributed by atoms with Gasteiger partial charge in [-0.15, -0.1) is 0 Å². The number of carbonyl (C=O) groups is 1. The molecule has 0 fully saturated rings. The number of nitrogens with two attached hydrogens (primary N) is 1. The second-order valence-corrected chi connectivity index (χ2v) is 3.57. The topological polar surface area (TPSA) is 72.6 Å². The van der Waals surface area contributed by atoms with E-state index in [4.69, 9.17) is 15.6 Å². The lowest BCUT2D eigenvalue weighted by Gasteiger charge is -2.09. The van der Waals surface area contributed by atoms with Crippen LogP contribution in [0.3, 0.4) is 0 Å². The maximum absolute atomic E-state index is 13.4. The Hall–Kier alpha value is -2.56. The number of phenolic OH excluding ortho intramolecular Hbond substituents is 1. The van der Waals surface area contributed by atoms with Gasteiger partial charge < -0.3 is 15.6 Å². The number of hydrogen-bond donors (Lipinski definition) is 2. The first-order valence-electron chi connectivity index (χ1n) is 5.13. The number of carbonyl (C=O) groups excluding carboxylic acids is 1. The van der Waals surface area contributed by atoms with Crippen LogP contribution in [0.5, 0.6) is 17.2 Å². The maximum atomic E-state index is 13.4. The standard InChI is InChI=1S/C13H10FNO3/c14-10-2-1-3-11(12(10)13(15)17)18-9-6-4-8(16)5-7-9/h1-7,16H,(H2,15,17). The summed E-state index contributed by atoms with van der Waals surface area (Å²) < 4.78 is 18.8. The lowest BCUT2D eigenvalue weighted by molar-refractivity contribution is 0.0994. The summed E-state index contributed by atoms with van der Waals surface area (Å²) in [5, 5.41) is 9.12. The zero-order chi connectivity index (χ0) is 13.1. The summed E-state index contributed by atoms with van der Waals surface area (Å²) in [6.45, 7) is 0. The highest BCUT2D eigenvalue weighted by atomic mass is 19.1. The molecule has 0 aliphatic carbocycles. The lowest BCUT2D eigenvalue weighted by Crippen LogP contribution is -2.14. The third kappa shape index (κ3) is 2.40. The average Bonchev–Trinajstić information content (AvgIpc) is 2.32. The van der Waals surface area contributed by atoms with Crippen LogP contribution in [-0.2, 0) is 0 Å². The van der Waals surface area contributed by atoms with Crippen LogP contribution in [0.15, 0.2) is 42.5 Å². The van der Waals surface area contributed by atoms with Gasteiger partial charge in [0.05, 0.1) is 0 Å². The van der Waals surface area contributed by atoms with E-state index < -0.39 is 11.7 Å². The van der Waals surface area contributed by atoms with E-state index in [1.54, 1.807) is 0 Å². The summed E-state index contributed by atoms with van der Waals surface area (Å²) in [5.41, 5.74) is 4.79. The molecule has 2 rings (SSSR count). The number of ether oxygens (including phenoxy) is 1. The molecule has 0 aliphatic heterocycles. The molecule has 2 aromatic rings. The molecular weight excluding hydrogens is 237 g/mol. The number of rotatable bonds is 3. The zero-order valence-electron chi connectivity index (χ0n) is 9.26. The molecule has 0 aromatic heterocycles. The molecule has 92 valence electrons. The fourth-order valence-electron chi connectivity index (χ4n) is 1.47. The Balaban J connectivity index is 2.37. The summed E-state index contributed by atoms with van der Waals surface area (Å²) in [6, 6.07) is 9.80. The molecule has 0 atom stereocenters. The molecule has 4 nitrogen and oxygen atoms in total. The van der Waals surface area contributed by atoms with Crippen molar-refractivity contribution in [2.24, 2.45) is 5.73 Å². The number of aromatic hydroxyl groups is 1. The molecule has 0 unspecified atom stereocenters. The summed E-state index contributed by atoms with van der Waals surface area (Å²) in [6.07, 6.45) is 0. The molecule has 0 saturated carbocycles. The highest BCUT2D eigenvalue weighted by molar-refractivity contribution is 5.96. The first-order chi connectivity index (χ1) is 8.58. The summed E-state index contributed by atoms with van der Waals surface area (Å²) in [5.74, 6) is -1.16. The van der Waals surface area contributed by atoms with E-state index in [9.17, 15) is 9.18 Å². The molecule has 18 heavy (non-hydrogen) atoms. The zero-order valence-corrected chi connectivity index (χ0v) is 9.26. The van der Waals surface area contributed by atoms with Crippen LogP contribution in [-0.4, -0.2) is 11.0 Å². The molecule has 0 radical (unpaired) electrons. The van der Waals surface area contributed by atoms with Crippen LogP contribution in [0, 0.1) is 5.82 Å². The van der Waals surface area contributed by atoms with Crippen molar-refractivity contribution in [3.8, 4) is 17.2 Å². The highest BCUT2D eigenvalue weighted by Gasteiger charge is 2.15. The number of amides is 1. The van der Waals surface area contributed by atoms with Crippen LogP contribution in [0.25, 0.3) is 0 Å². The summed E-state index contributed by atoms with van der Waals surface area (Å²) >= 11 is 0. The molecule has 1 amide bonds. The van der Waals surface area contributed by atoms with E-state index in [1.807, 2.05) is 0 Å². The van der Waals surface area contributed by atoms with Gasteiger partial charge in [0.2, 0.25) is 0 Å². The van der Waals surface area contributed by atoms with Crippen molar-refractivity contribution in [2.75, 3.05) is 0 Å². The second kappa shape index (κ2) is 4.75. The van der Waals surface area contributed by atoms with Crippen LogP contribution in [0.2, 0.25) is 0 Å². The van der Waals surface area contributed by atoms with E-state index in [2.05, 4.69) is 0 Å². The van der Waals surface area contributed by atoms with Gasteiger partial charge in [-0.2, -0.15) is 0 Å². The molecule has 2 aromatic carbocycles. The van der Waals surface area contributed by atoms with Crippen LogP contribution < -0.4 is 10.5 Å². The minimum atomic E-state index is -0.901. The van der Waals surface area contributed by atoms with E-state index in [0.29, 0.717) is 5.75 Å². The highest BCUT2D eigenvalue weighted by Crippen LogP contribution is 2.27. The fourth-order valence-corrected chi connectivity index (χ4v) is 1.47. The monoisotopic (exact) mass is 247 g/mol. The van der Waals surface area contributed by atoms with E-state index in [-0.39, 0.29) is 17.1 Å². The van der Waals surface area contributed by atoms with Gasteiger partial charge in [-0.05, 0) is 36.4 Å². The molecule has 0 heterocycles. The summed E-state index contributed by atoms with van der Waals surface area (Å²) in [7, 11) is 0. The Kier molecular flexibility index (Phi) is 3.14. The Morgan fingerprint density at radius 2 is 1.83 bits per heavy atom. The lowest BCUT2D eigenvalue weighted by atomic mass is 10.2. The van der Waals surface area contributed by atoms with Gasteiger partial charge in [-0.3, -0.25) is 4.79 Å². The van der Waals surface area contributed by atoms with Crippen molar-refractivity contribution in [3.05, 3.63) is 53.8 Å². The average molecular weight is 247 g/mol. The van der Waals surface area contributed by atoms with Gasteiger partial charge in [-0.1, -0.05) is 6.07 Å². The molecule has 0 saturated heterocycles. The minimum absolute atomic E-state index is 0.0354. The van der Waals surface area contributed by atoms with Crippen molar-refractivity contribution in [1.82, 2.24) is 0 Å². The van der Waals surface area contributed by atoms with Crippen molar-refractivity contribution >= 4 is 5.91 Å². The molecule has 0 aliphatic rings. The largest absolute Gasteiger partial charge is 0.508 e. The fraction of sp³-hybridized carbons (Fsp3) is 0. The first-order valence-corrected chi connectivity index (χ1v) is 5.13. The van der Waals surface area contributed by atoms with E-state index in [1.165, 1.54) is 36.4 Å². The van der Waals surface area contributed by atoms with Gasteiger partial charge >= 0.3 is 0 Å². The van der Waals surface area contributed by atoms with Gasteiger partial charge in [-0.25, -0.2) is 4.39 Å². The Morgan fingerprint density at radius 3 is 2.44 bits per heavy atom. The van der Waals surface area contributed by atoms with Crippen LogP contribution in [0.4, 0.5) is 4.39 Å². The van der Waals surface area contributed by atoms with Gasteiger partial charge in [0.25, 0.3) is 5.91 Å². The predicted molar refractivity (Wildman–Crippen MR) is 63.1 cm³/mol. The molecule has 5 heteroatoms. The third-order valence-corrected chi connectivity index (χ3v) is 2.29. The van der Waals surface area contributed by atoms with Crippen molar-refractivity contribution in [2.45, 2.75) is 0 Å². The first kappa shape index (κ1) is 11.9. The number of hydrogen-bond acceptors (Lipinski definition) is 3. The molecule has 0 bridgehead atoms. The van der Waals surface area contributed by atoms with Crippen LogP contribution in [0.1, 0.15) is 10.4 Å². The predicted octanol–water partition coefficient (Wildman–Crippen LogP) is 2.42. The summed E-state index contributed by atoms with van der Waals surface area (Å²) in [4.78, 5) is 11.1. The number of phenols is 1. The third-order valence-electron chi connectivity index (χ3n) is 2.29. The SMILES string of the molecule is NC(=O)c1c(F)cccc1Oc1ccc(O)cc1. The molecule has 3 N–H and O–H groups in total. The number of primary amides is 1. The van der Waals surface area contributed by atoms with E-state index in [0.717, 1.165) is 6.07 Å². The Bertz CT molecular complexity index is 581. The van der Waals surface area contributed by atoms with Crippen LogP contribution >= 0.6 is 0 Å². The number of benzene rings is 2. The van der Waals surface area contributed by atoms with Gasteiger partial charge in [0, 0.05) is 0 Å². The second-order valence-electron chi connectivity index (χ2n) is 3.57. The normalized spacial score (nSPS) is 10.1. The maximum Gasteiger partial charge on any atom is 0.255 e. The number of halogens is 1. The quantitative estimate of drug-likeness (QED) is 0.874. The Labute approximate surface area is 102 Å². The molecular formula is C13H10FNO3. The van der Waals surface area contributed by atoms with Crippen molar-refractivity contribution < 1.29 is 19.0 Å². The van der Waals surface area contributed by atoms with Crippen molar-refractivity contribution in [1.29, 1.82) is 0 Å². The van der Waals surface area contributed by atoms with E-state index >= 15 is 0 Å². The molecule has 0 spiro atoms. The minimum Gasteiger partial charge on any atom is -0.508 e. The van der Waals surface area contributed by atoms with Gasteiger partial charge in [0.15, 0.2) is 0 Å². The van der Waals surface area contributed by atoms with Crippen molar-refractivity contribution in [3.63, 3.8) is 0 Å². The smallest absolute Gasteiger partial charge is 0.255 e.